The summed E-state index contributed by atoms with van der Waals surface area (Å²) in [5.74, 6) is -0.912. The summed E-state index contributed by atoms with van der Waals surface area (Å²) in [6, 6.07) is -0.838. The van der Waals surface area contributed by atoms with Crippen LogP contribution in [-0.2, 0) is 11.2 Å². The number of halogens is 1. The summed E-state index contributed by atoms with van der Waals surface area (Å²) in [6.07, 6.45) is 0.839. The average molecular weight is 258 g/mol. The van der Waals surface area contributed by atoms with E-state index in [-0.39, 0.29) is 11.0 Å². The van der Waals surface area contributed by atoms with E-state index in [1.165, 1.54) is 4.57 Å². The van der Waals surface area contributed by atoms with Crippen molar-refractivity contribution in [3.05, 3.63) is 21.2 Å². The largest absolute Gasteiger partial charge is 0.480 e. The zero-order valence-corrected chi connectivity index (χ0v) is 9.99. The molecular formula is C10H12ClN3O3. The molecule has 0 saturated heterocycles. The fraction of sp³-hybridized carbons (Fsp3) is 0.500. The van der Waals surface area contributed by atoms with Gasteiger partial charge in [-0.3, -0.25) is 9.36 Å². The molecular weight excluding hydrogens is 246 g/mol. The lowest BCUT2D eigenvalue weighted by Gasteiger charge is -2.12. The number of carbonyl (C=O) groups is 1. The lowest BCUT2D eigenvalue weighted by Crippen LogP contribution is -2.30. The van der Waals surface area contributed by atoms with Crippen LogP contribution in [0.3, 0.4) is 0 Å². The van der Waals surface area contributed by atoms with Gasteiger partial charge < -0.3 is 10.4 Å². The number of carboxylic acid groups (broad SMARTS) is 1. The predicted octanol–water partition coefficient (Wildman–Crippen LogP) is 0.900. The number of nitrogens with zero attached hydrogens (tertiary/aromatic N) is 2. The second-order valence-corrected chi connectivity index (χ2v) is 4.15. The summed E-state index contributed by atoms with van der Waals surface area (Å²) < 4.78 is 1.23. The first kappa shape index (κ1) is 11.9. The van der Waals surface area contributed by atoms with Crippen LogP contribution in [0.2, 0.25) is 5.15 Å². The maximum Gasteiger partial charge on any atom is 0.326 e. The van der Waals surface area contributed by atoms with Crippen LogP contribution in [-0.4, -0.2) is 27.2 Å². The molecule has 2 N–H and O–H groups in total. The summed E-state index contributed by atoms with van der Waals surface area (Å²) in [6.45, 7) is 2.34. The Balaban J connectivity index is 2.61. The van der Waals surface area contributed by atoms with Gasteiger partial charge in [-0.2, -0.15) is 0 Å². The highest BCUT2D eigenvalue weighted by atomic mass is 35.5. The van der Waals surface area contributed by atoms with E-state index < -0.39 is 17.6 Å². The molecule has 0 fully saturated rings. The molecule has 1 aliphatic heterocycles. The maximum atomic E-state index is 12.0. The molecule has 7 heteroatoms. The van der Waals surface area contributed by atoms with Gasteiger partial charge in [0.25, 0.3) is 5.56 Å². The molecule has 17 heavy (non-hydrogen) atoms. The lowest BCUT2D eigenvalue weighted by molar-refractivity contribution is -0.140. The molecule has 92 valence electrons. The molecule has 1 aromatic heterocycles. The highest BCUT2D eigenvalue weighted by Gasteiger charge is 2.32. The van der Waals surface area contributed by atoms with Crippen molar-refractivity contribution in [1.29, 1.82) is 0 Å². The Morgan fingerprint density at radius 2 is 2.41 bits per heavy atom. The Hall–Kier alpha value is -1.56. The Labute approximate surface area is 102 Å². The number of hydrogen-bond donors (Lipinski definition) is 2. The van der Waals surface area contributed by atoms with Crippen molar-refractivity contribution >= 4 is 23.4 Å². The van der Waals surface area contributed by atoms with Gasteiger partial charge >= 0.3 is 5.97 Å². The van der Waals surface area contributed by atoms with Crippen LogP contribution in [0.4, 0.5) is 5.82 Å². The topological polar surface area (TPSA) is 84.2 Å². The van der Waals surface area contributed by atoms with Crippen LogP contribution in [0.25, 0.3) is 0 Å². The van der Waals surface area contributed by atoms with Gasteiger partial charge in [0.1, 0.15) is 6.04 Å². The normalized spacial score (nSPS) is 17.9. The third-order valence-electron chi connectivity index (χ3n) is 2.76. The summed E-state index contributed by atoms with van der Waals surface area (Å²) in [5, 5.41) is 12.0. The van der Waals surface area contributed by atoms with E-state index in [9.17, 15) is 9.59 Å². The number of rotatable bonds is 3. The highest BCUT2D eigenvalue weighted by molar-refractivity contribution is 6.30. The summed E-state index contributed by atoms with van der Waals surface area (Å²) >= 11 is 5.95. The molecule has 1 atom stereocenters. The van der Waals surface area contributed by atoms with Crippen molar-refractivity contribution in [1.82, 2.24) is 9.55 Å². The minimum atomic E-state index is -1.02. The van der Waals surface area contributed by atoms with Crippen molar-refractivity contribution in [2.75, 3.05) is 11.9 Å². The molecule has 0 spiro atoms. The van der Waals surface area contributed by atoms with E-state index in [0.29, 0.717) is 25.1 Å². The van der Waals surface area contributed by atoms with E-state index in [1.807, 2.05) is 6.92 Å². The van der Waals surface area contributed by atoms with Gasteiger partial charge in [0.15, 0.2) is 11.0 Å². The first-order chi connectivity index (χ1) is 8.06. The van der Waals surface area contributed by atoms with Gasteiger partial charge in [-0.1, -0.05) is 11.6 Å². The Morgan fingerprint density at radius 3 is 3.00 bits per heavy atom. The Morgan fingerprint density at radius 1 is 1.71 bits per heavy atom. The molecule has 2 rings (SSSR count). The molecule has 0 bridgehead atoms. The van der Waals surface area contributed by atoms with Gasteiger partial charge in [0.05, 0.1) is 5.69 Å². The van der Waals surface area contributed by atoms with Gasteiger partial charge in [0, 0.05) is 6.54 Å². The molecule has 0 unspecified atom stereocenters. The number of carboxylic acids is 1. The van der Waals surface area contributed by atoms with Crippen LogP contribution in [0.5, 0.6) is 0 Å². The smallest absolute Gasteiger partial charge is 0.326 e. The molecule has 2 heterocycles. The van der Waals surface area contributed by atoms with Crippen molar-refractivity contribution in [2.24, 2.45) is 0 Å². The molecule has 0 saturated carbocycles. The van der Waals surface area contributed by atoms with Gasteiger partial charge in [-0.05, 0) is 19.8 Å². The molecule has 0 radical (unpaired) electrons. The second kappa shape index (κ2) is 4.37. The SMILES string of the molecule is CCNc1nc(Cl)c2n(c1=O)[C@H](C(=O)O)CC2. The average Bonchev–Trinajstić information content (AvgIpc) is 2.71. The van der Waals surface area contributed by atoms with Gasteiger partial charge in [-0.25, -0.2) is 9.78 Å². The first-order valence-corrected chi connectivity index (χ1v) is 5.71. The predicted molar refractivity (Wildman–Crippen MR) is 62.7 cm³/mol. The third-order valence-corrected chi connectivity index (χ3v) is 3.06. The van der Waals surface area contributed by atoms with Crippen LogP contribution < -0.4 is 10.9 Å². The van der Waals surface area contributed by atoms with Crippen molar-refractivity contribution in [3.8, 4) is 0 Å². The second-order valence-electron chi connectivity index (χ2n) is 3.80. The number of anilines is 1. The van der Waals surface area contributed by atoms with Gasteiger partial charge in [0.2, 0.25) is 0 Å². The minimum absolute atomic E-state index is 0.106. The fourth-order valence-electron chi connectivity index (χ4n) is 2.02. The standard InChI is InChI=1S/C10H12ClN3O3/c1-2-12-8-9(15)14-5(7(11)13-8)3-4-6(14)10(16)17/h6H,2-4H2,1H3,(H,12,13)(H,16,17)/t6-/m0/s1. The highest BCUT2D eigenvalue weighted by Crippen LogP contribution is 2.28. The molecule has 0 amide bonds. The summed E-state index contributed by atoms with van der Waals surface area (Å²) in [4.78, 5) is 27.0. The number of aliphatic carboxylic acids is 1. The Bertz CT molecular complexity index is 526. The third kappa shape index (κ3) is 1.88. The number of nitrogens with one attached hydrogen (secondary N) is 1. The molecule has 1 aliphatic rings. The van der Waals surface area contributed by atoms with Crippen LogP contribution in [0.1, 0.15) is 25.1 Å². The fourth-order valence-corrected chi connectivity index (χ4v) is 2.29. The van der Waals surface area contributed by atoms with E-state index in [1.54, 1.807) is 0 Å². The zero-order valence-electron chi connectivity index (χ0n) is 9.23. The van der Waals surface area contributed by atoms with Crippen LogP contribution >= 0.6 is 11.6 Å². The van der Waals surface area contributed by atoms with E-state index >= 15 is 0 Å². The summed E-state index contributed by atoms with van der Waals surface area (Å²) in [5.41, 5.74) is 0.0851. The quantitative estimate of drug-likeness (QED) is 0.841. The first-order valence-electron chi connectivity index (χ1n) is 5.33. The summed E-state index contributed by atoms with van der Waals surface area (Å²) in [7, 11) is 0. The number of fused-ring (bicyclic) bond motifs is 1. The molecule has 0 aromatic carbocycles. The molecule has 6 nitrogen and oxygen atoms in total. The number of aromatic nitrogens is 2. The van der Waals surface area contributed by atoms with E-state index in [0.717, 1.165) is 0 Å². The number of hydrogen-bond acceptors (Lipinski definition) is 4. The van der Waals surface area contributed by atoms with Crippen molar-refractivity contribution < 1.29 is 9.90 Å². The lowest BCUT2D eigenvalue weighted by atomic mass is 10.2. The van der Waals surface area contributed by atoms with Crippen LogP contribution in [0, 0.1) is 0 Å². The maximum absolute atomic E-state index is 12.0. The van der Waals surface area contributed by atoms with Crippen molar-refractivity contribution in [3.63, 3.8) is 0 Å². The molecule has 0 aliphatic carbocycles. The zero-order chi connectivity index (χ0) is 12.6. The van der Waals surface area contributed by atoms with Crippen LogP contribution in [0.15, 0.2) is 4.79 Å². The van der Waals surface area contributed by atoms with E-state index in [4.69, 9.17) is 16.7 Å². The van der Waals surface area contributed by atoms with Crippen molar-refractivity contribution in [2.45, 2.75) is 25.8 Å². The molecule has 1 aromatic rings. The minimum Gasteiger partial charge on any atom is -0.480 e. The van der Waals surface area contributed by atoms with E-state index in [2.05, 4.69) is 10.3 Å². The Kier molecular flexibility index (Phi) is 3.06. The monoisotopic (exact) mass is 257 g/mol. The van der Waals surface area contributed by atoms with Gasteiger partial charge in [-0.15, -0.1) is 0 Å².